The van der Waals surface area contributed by atoms with Crippen molar-refractivity contribution in [3.05, 3.63) is 89.7 Å². The Bertz CT molecular complexity index is 1110. The van der Waals surface area contributed by atoms with Crippen molar-refractivity contribution in [2.45, 2.75) is 17.8 Å². The molecule has 29 heavy (non-hydrogen) atoms. The number of hydrogen-bond donors (Lipinski definition) is 0. The predicted octanol–water partition coefficient (Wildman–Crippen LogP) is 5.68. The zero-order valence-corrected chi connectivity index (χ0v) is 17.0. The Kier molecular flexibility index (Phi) is 5.62. The van der Waals surface area contributed by atoms with E-state index < -0.39 is 0 Å². The van der Waals surface area contributed by atoms with E-state index in [9.17, 15) is 4.39 Å². The Labute approximate surface area is 173 Å². The topological polar surface area (TPSA) is 39.9 Å². The van der Waals surface area contributed by atoms with Gasteiger partial charge in [-0.15, -0.1) is 10.2 Å². The van der Waals surface area contributed by atoms with E-state index in [2.05, 4.69) is 41.4 Å². The third kappa shape index (κ3) is 4.32. The lowest BCUT2D eigenvalue weighted by Crippen LogP contribution is -2.00. The van der Waals surface area contributed by atoms with Crippen LogP contribution in [0.2, 0.25) is 0 Å². The fourth-order valence-corrected chi connectivity index (χ4v) is 3.96. The van der Waals surface area contributed by atoms with Gasteiger partial charge in [0.15, 0.2) is 11.0 Å². The SMILES string of the molecule is COc1ccc(-n2c(SCc3cccc(C)c3)nnc2-c2ccc(F)cc2)cc1. The van der Waals surface area contributed by atoms with E-state index in [1.54, 1.807) is 31.0 Å². The molecule has 0 atom stereocenters. The maximum Gasteiger partial charge on any atom is 0.196 e. The second kappa shape index (κ2) is 8.49. The van der Waals surface area contributed by atoms with Crippen LogP contribution >= 0.6 is 11.8 Å². The summed E-state index contributed by atoms with van der Waals surface area (Å²) in [4.78, 5) is 0. The summed E-state index contributed by atoms with van der Waals surface area (Å²) in [6.07, 6.45) is 0. The van der Waals surface area contributed by atoms with E-state index in [0.717, 1.165) is 27.9 Å². The van der Waals surface area contributed by atoms with Crippen LogP contribution in [0.1, 0.15) is 11.1 Å². The van der Waals surface area contributed by atoms with Crippen LogP contribution in [-0.2, 0) is 5.75 Å². The van der Waals surface area contributed by atoms with Gasteiger partial charge in [-0.2, -0.15) is 0 Å². The third-order valence-electron chi connectivity index (χ3n) is 4.52. The van der Waals surface area contributed by atoms with Gasteiger partial charge in [0.05, 0.1) is 7.11 Å². The lowest BCUT2D eigenvalue weighted by molar-refractivity contribution is 0.414. The number of thioether (sulfide) groups is 1. The van der Waals surface area contributed by atoms with Gasteiger partial charge >= 0.3 is 0 Å². The Morgan fingerprint density at radius 3 is 2.41 bits per heavy atom. The van der Waals surface area contributed by atoms with Crippen molar-refractivity contribution in [1.82, 2.24) is 14.8 Å². The van der Waals surface area contributed by atoms with Crippen LogP contribution in [0.4, 0.5) is 4.39 Å². The summed E-state index contributed by atoms with van der Waals surface area (Å²) in [6, 6.07) is 22.4. The average Bonchev–Trinajstić information content (AvgIpc) is 3.17. The molecule has 0 bridgehead atoms. The maximum atomic E-state index is 13.4. The van der Waals surface area contributed by atoms with E-state index in [1.807, 2.05) is 28.8 Å². The molecule has 0 saturated heterocycles. The first kappa shape index (κ1) is 19.2. The highest BCUT2D eigenvalue weighted by Gasteiger charge is 2.16. The molecule has 0 unspecified atom stereocenters. The van der Waals surface area contributed by atoms with Crippen molar-refractivity contribution < 1.29 is 9.13 Å². The normalized spacial score (nSPS) is 10.9. The molecular formula is C23H20FN3OS. The van der Waals surface area contributed by atoms with Gasteiger partial charge in [-0.1, -0.05) is 41.6 Å². The standard InChI is InChI=1S/C23H20FN3OS/c1-16-4-3-5-17(14-16)15-29-23-26-25-22(18-6-8-19(24)9-7-18)27(23)20-10-12-21(28-2)13-11-20/h3-14H,15H2,1-2H3. The van der Waals surface area contributed by atoms with Crippen LogP contribution in [0.15, 0.2) is 78.0 Å². The van der Waals surface area contributed by atoms with Crippen molar-refractivity contribution in [3.8, 4) is 22.8 Å². The average molecular weight is 405 g/mol. The van der Waals surface area contributed by atoms with Crippen molar-refractivity contribution in [1.29, 1.82) is 0 Å². The lowest BCUT2D eigenvalue weighted by atomic mass is 10.2. The Morgan fingerprint density at radius 1 is 0.966 bits per heavy atom. The molecule has 0 saturated carbocycles. The molecule has 3 aromatic carbocycles. The van der Waals surface area contributed by atoms with Crippen molar-refractivity contribution in [2.75, 3.05) is 7.11 Å². The number of nitrogens with zero attached hydrogens (tertiary/aromatic N) is 3. The van der Waals surface area contributed by atoms with Gasteiger partial charge in [0.1, 0.15) is 11.6 Å². The molecule has 0 amide bonds. The highest BCUT2D eigenvalue weighted by Crippen LogP contribution is 2.30. The monoisotopic (exact) mass is 405 g/mol. The van der Waals surface area contributed by atoms with Gasteiger partial charge in [0.25, 0.3) is 0 Å². The minimum Gasteiger partial charge on any atom is -0.497 e. The fraction of sp³-hybridized carbons (Fsp3) is 0.130. The molecule has 146 valence electrons. The molecule has 4 rings (SSSR count). The Balaban J connectivity index is 1.73. The molecule has 1 aromatic heterocycles. The molecule has 1 heterocycles. The number of aromatic nitrogens is 3. The summed E-state index contributed by atoms with van der Waals surface area (Å²) in [7, 11) is 1.64. The van der Waals surface area contributed by atoms with E-state index in [0.29, 0.717) is 5.82 Å². The molecular weight excluding hydrogens is 385 g/mol. The van der Waals surface area contributed by atoms with E-state index >= 15 is 0 Å². The van der Waals surface area contributed by atoms with Crippen LogP contribution in [0.25, 0.3) is 17.1 Å². The van der Waals surface area contributed by atoms with Crippen LogP contribution in [0, 0.1) is 12.7 Å². The predicted molar refractivity (Wildman–Crippen MR) is 114 cm³/mol. The van der Waals surface area contributed by atoms with Crippen LogP contribution in [-0.4, -0.2) is 21.9 Å². The number of benzene rings is 3. The third-order valence-corrected chi connectivity index (χ3v) is 5.52. The number of hydrogen-bond acceptors (Lipinski definition) is 4. The van der Waals surface area contributed by atoms with Crippen LogP contribution in [0.3, 0.4) is 0 Å². The fourth-order valence-electron chi connectivity index (χ4n) is 3.06. The zero-order chi connectivity index (χ0) is 20.2. The highest BCUT2D eigenvalue weighted by atomic mass is 32.2. The number of aryl methyl sites for hydroxylation is 1. The number of halogens is 1. The minimum absolute atomic E-state index is 0.279. The van der Waals surface area contributed by atoms with Crippen LogP contribution < -0.4 is 4.74 Å². The van der Waals surface area contributed by atoms with Crippen molar-refractivity contribution in [2.24, 2.45) is 0 Å². The zero-order valence-electron chi connectivity index (χ0n) is 16.2. The first-order valence-corrected chi connectivity index (χ1v) is 10.2. The Hall–Kier alpha value is -3.12. The van der Waals surface area contributed by atoms with Gasteiger partial charge in [-0.3, -0.25) is 4.57 Å². The number of methoxy groups -OCH3 is 1. The summed E-state index contributed by atoms with van der Waals surface area (Å²) in [5.41, 5.74) is 4.17. The van der Waals surface area contributed by atoms with Crippen LogP contribution in [0.5, 0.6) is 5.75 Å². The van der Waals surface area contributed by atoms with E-state index in [-0.39, 0.29) is 5.82 Å². The maximum absolute atomic E-state index is 13.4. The number of ether oxygens (including phenoxy) is 1. The molecule has 0 aliphatic heterocycles. The molecule has 0 fully saturated rings. The minimum atomic E-state index is -0.279. The van der Waals surface area contributed by atoms with Gasteiger partial charge in [0.2, 0.25) is 0 Å². The van der Waals surface area contributed by atoms with E-state index in [1.165, 1.54) is 23.3 Å². The van der Waals surface area contributed by atoms with Crippen molar-refractivity contribution >= 4 is 11.8 Å². The summed E-state index contributed by atoms with van der Waals surface area (Å²) in [6.45, 7) is 2.08. The largest absolute Gasteiger partial charge is 0.497 e. The smallest absolute Gasteiger partial charge is 0.196 e. The second-order valence-corrected chi connectivity index (χ2v) is 7.57. The quantitative estimate of drug-likeness (QED) is 0.387. The number of rotatable bonds is 6. The molecule has 0 N–H and O–H groups in total. The summed E-state index contributed by atoms with van der Waals surface area (Å²) >= 11 is 1.62. The van der Waals surface area contributed by atoms with Crippen molar-refractivity contribution in [3.63, 3.8) is 0 Å². The molecule has 4 nitrogen and oxygen atoms in total. The summed E-state index contributed by atoms with van der Waals surface area (Å²) in [5, 5.41) is 9.60. The molecule has 6 heteroatoms. The summed E-state index contributed by atoms with van der Waals surface area (Å²) in [5.74, 6) is 1.94. The van der Waals surface area contributed by atoms with Gasteiger partial charge < -0.3 is 4.74 Å². The second-order valence-electron chi connectivity index (χ2n) is 6.62. The van der Waals surface area contributed by atoms with Gasteiger partial charge in [-0.25, -0.2) is 4.39 Å². The molecule has 4 aromatic rings. The molecule has 0 spiro atoms. The molecule has 0 radical (unpaired) electrons. The first-order chi connectivity index (χ1) is 14.1. The summed E-state index contributed by atoms with van der Waals surface area (Å²) < 4.78 is 20.7. The van der Waals surface area contributed by atoms with Gasteiger partial charge in [-0.05, 0) is 61.0 Å². The Morgan fingerprint density at radius 2 is 1.72 bits per heavy atom. The lowest BCUT2D eigenvalue weighted by Gasteiger charge is -2.11. The molecule has 0 aliphatic rings. The highest BCUT2D eigenvalue weighted by molar-refractivity contribution is 7.98. The van der Waals surface area contributed by atoms with E-state index in [4.69, 9.17) is 4.74 Å². The van der Waals surface area contributed by atoms with Gasteiger partial charge in [0, 0.05) is 17.0 Å². The first-order valence-electron chi connectivity index (χ1n) is 9.18. The molecule has 0 aliphatic carbocycles.